The van der Waals surface area contributed by atoms with Crippen molar-refractivity contribution >= 4 is 196 Å². The van der Waals surface area contributed by atoms with Crippen LogP contribution < -0.4 is 73.7 Å². The summed E-state index contributed by atoms with van der Waals surface area (Å²) < 4.78 is 267. The smallest absolute Gasteiger partial charge is 0.478 e. The van der Waals surface area contributed by atoms with Crippen LogP contribution >= 0.6 is 70.4 Å². The Labute approximate surface area is 848 Å². The molecule has 0 aliphatic rings. The summed E-state index contributed by atoms with van der Waals surface area (Å²) in [6, 6.07) is 31.4. The van der Waals surface area contributed by atoms with Gasteiger partial charge in [0, 0.05) is 155 Å². The molecule has 0 spiro atoms. The van der Waals surface area contributed by atoms with Crippen LogP contribution in [0.4, 0.5) is 120 Å². The first-order valence-corrected chi connectivity index (χ1v) is 44.1. The van der Waals surface area contributed by atoms with Crippen molar-refractivity contribution in [1.29, 1.82) is 0 Å². The Bertz CT molecular complexity index is 6360. The number of nitrogen functional groups attached to an aromatic ring is 1. The molecule has 60 heteroatoms. The molecule has 142 heavy (non-hydrogen) atoms. The fraction of sp³-hybridized carbons (Fsp3) is 0.293. The summed E-state index contributed by atoms with van der Waals surface area (Å²) in [4.78, 5) is 124. The number of anilines is 10. The van der Waals surface area contributed by atoms with E-state index in [1.54, 1.807) is 128 Å². The first-order chi connectivity index (χ1) is 68.7. The fourth-order valence-electron chi connectivity index (χ4n) is 8.86. The second-order valence-electron chi connectivity index (χ2n) is 27.9. The summed E-state index contributed by atoms with van der Waals surface area (Å²) in [5.74, 6) is -6.44. The maximum atomic E-state index is 13.6. The summed E-state index contributed by atoms with van der Waals surface area (Å²) in [6.07, 6.45) is -12.4. The van der Waals surface area contributed by atoms with Crippen LogP contribution in [0.1, 0.15) is 134 Å². The van der Waals surface area contributed by atoms with Crippen LogP contribution in [0, 0.1) is 0 Å². The lowest BCUT2D eigenvalue weighted by molar-refractivity contribution is -0.192. The van der Waals surface area contributed by atoms with E-state index in [4.69, 9.17) is 106 Å². The Kier molecular flexibility index (Phi) is 47.2. The maximum absolute atomic E-state index is 13.6. The number of carboxylic acid groups (broad SMARTS) is 2. The van der Waals surface area contributed by atoms with E-state index in [0.717, 1.165) is 18.6 Å². The number of nitrogens with two attached hydrogens (primary N) is 3. The summed E-state index contributed by atoms with van der Waals surface area (Å²) in [5.41, 5.74) is 15.2. The SMILES string of the molecule is CC(C)(C)OC(=O)Nc1ccc(C(=O)O)cc1.CNC(=O)c1ccc(N)cc1.CNC(=O)c1ccc(NC(=O)OC(C)(C)C)cc1.CNC(=O)c1ccc(Nc2ncc(C(F)(F)F)c(Cl)n2)cc1.Cl.ClCCl.FC(F)(F)c1cnc(Cl)nc1Cl.O=C(O)C(F)(F)F.[2H]C([2H])([2H])N.[2H]C([2H])([2H])N(c1nccnc1CN)S(C)(=O)=O.[2H]C([2H])([2H])N(c1nccnc1CNc1nc(Nc2ccc(C(=O)NC)cc2)ncc1C(F)(F)F)S(C)(=O)=O. The van der Waals surface area contributed by atoms with Gasteiger partial charge in [-0.1, -0.05) is 23.2 Å². The van der Waals surface area contributed by atoms with E-state index in [-0.39, 0.29) is 96.5 Å². The number of aromatic nitrogens is 10. The van der Waals surface area contributed by atoms with Crippen molar-refractivity contribution in [2.24, 2.45) is 11.5 Å². The number of nitrogens with zero attached hydrogens (tertiary/aromatic N) is 12. The summed E-state index contributed by atoms with van der Waals surface area (Å²) in [7, 11) is -2.23. The number of carbonyl (C=O) groups is 8. The maximum Gasteiger partial charge on any atom is 0.490 e. The minimum absolute atomic E-state index is 0. The summed E-state index contributed by atoms with van der Waals surface area (Å²) in [6.45, 7) is 1.71. The number of ether oxygens (including phenoxy) is 2. The number of aliphatic carboxylic acids is 1. The first-order valence-electron chi connectivity index (χ1n) is 42.7. The second-order valence-corrected chi connectivity index (χ2v) is 33.4. The predicted molar refractivity (Wildman–Crippen MR) is 513 cm³/mol. The molecule has 0 aliphatic carbocycles. The molecule has 17 N–H and O–H groups in total. The third-order valence-corrected chi connectivity index (χ3v) is 17.5. The second kappa shape index (κ2) is 59.8. The lowest BCUT2D eigenvalue weighted by atomic mass is 10.2. The van der Waals surface area contributed by atoms with E-state index in [0.29, 0.717) is 75.5 Å². The highest BCUT2D eigenvalue weighted by Gasteiger charge is 2.39. The number of carbonyl (C=O) groups excluding carboxylic acids is 6. The highest BCUT2D eigenvalue weighted by atomic mass is 35.5. The van der Waals surface area contributed by atoms with Gasteiger partial charge in [0.2, 0.25) is 37.2 Å². The molecule has 0 saturated heterocycles. The Hall–Kier alpha value is -13.6. The molecule has 0 unspecified atom stereocenters. The average Bonchev–Trinajstić information content (AvgIpc) is 0.771. The molecule has 10 rings (SSSR count). The van der Waals surface area contributed by atoms with Crippen molar-refractivity contribution in [3.05, 3.63) is 236 Å². The fourth-order valence-corrected chi connectivity index (χ4v) is 10.4. The monoisotopic (exact) mass is 2180 g/mol. The van der Waals surface area contributed by atoms with Crippen molar-refractivity contribution < 1.29 is 140 Å². The van der Waals surface area contributed by atoms with Crippen LogP contribution in [0.25, 0.3) is 0 Å². The number of rotatable bonds is 19. The van der Waals surface area contributed by atoms with Gasteiger partial charge in [0.1, 0.15) is 49.7 Å². The van der Waals surface area contributed by atoms with Gasteiger partial charge in [-0.25, -0.2) is 70.9 Å². The van der Waals surface area contributed by atoms with E-state index < -0.39 is 146 Å². The average molecular weight is 2190 g/mol. The standard InChI is InChI=1S/C20H21F3N8O3S.C13H10ClF3N4O.C13H18N2O3.C12H15NO4.C8H10N2O.C7H12N4O2S.C5HCl2F3N2.C2HF3O2.CH2Cl2.CH5N.ClH/c1-24-18(32)12-4-6-13(7-5-12)29-19-28-10-14(20(21,22)23)16(30-19)27-11-15-17(26-9-8-25-15)31(2)35(3,33)34;1-18-11(22)7-2-4-8(5-3-7)20-12-19-6-9(10(14)21-12)13(15,16)17;1-13(2,3)18-12(17)15-10-7-5-9(6-8-10)11(16)14-4;1-12(2,3)17-11(16)13-9-6-4-8(5-7-9)10(14)15;1-10-8(11)6-2-4-7(9)5-3-6;1-11(14(2,12)13)7-6(5-8)9-3-4-10-7;6-3-2(5(8,9)10)1-11-4(7)12-3;3-2(4,5)1(6)7;2-1-3;1-2;/h4-10H,11H2,1-3H3,(H,24,32)(H2,27,28,29,30);2-6H,1H3,(H,18,22)(H,19,20,21);5-8H,1-4H3,(H,14,16)(H,15,17);4-7H,1-3H3,(H,13,16)(H,14,15);2-5H,9H2,1H3,(H,10,11);3-4H,5,8H2,1-2H3;1H;(H,6,7);1H2;2H2,1H3;1H/i2D3;;;;;1D3;;;;1D3;. The van der Waals surface area contributed by atoms with E-state index in [9.17, 15) is 103 Å². The van der Waals surface area contributed by atoms with Gasteiger partial charge in [-0.05, 0) is 181 Å². The number of hydrogen-bond acceptors (Lipinski definition) is 30. The molecule has 0 saturated carbocycles. The van der Waals surface area contributed by atoms with E-state index in [1.807, 2.05) is 0 Å². The molecule has 778 valence electrons. The van der Waals surface area contributed by atoms with Crippen molar-refractivity contribution in [3.63, 3.8) is 0 Å². The van der Waals surface area contributed by atoms with Gasteiger partial charge in [-0.3, -0.25) is 48.4 Å². The molecule has 0 aliphatic heterocycles. The third-order valence-electron chi connectivity index (χ3n) is 15.0. The zero-order chi connectivity index (χ0) is 116. The zero-order valence-corrected chi connectivity index (χ0v) is 81.8. The molecule has 0 radical (unpaired) electrons. The van der Waals surface area contributed by atoms with Gasteiger partial charge in [0.15, 0.2) is 11.6 Å². The molecule has 0 fully saturated rings. The van der Waals surface area contributed by atoms with Crippen LogP contribution in [0.3, 0.4) is 0 Å². The normalized spacial score (nSPS) is 12.0. The first kappa shape index (κ1) is 112. The van der Waals surface area contributed by atoms with Crippen LogP contribution in [-0.4, -0.2) is 209 Å². The molecule has 0 atom stereocenters. The largest absolute Gasteiger partial charge is 0.490 e. The Morgan fingerprint density at radius 3 is 1.05 bits per heavy atom. The Morgan fingerprint density at radius 2 is 0.754 bits per heavy atom. The molecule has 5 aromatic heterocycles. The van der Waals surface area contributed by atoms with Gasteiger partial charge >= 0.3 is 48.8 Å². The number of halogens is 18. The summed E-state index contributed by atoms with van der Waals surface area (Å²) >= 11 is 25.4. The highest BCUT2D eigenvalue weighted by Crippen LogP contribution is 2.37. The molecule has 0 bridgehead atoms. The number of nitrogens with one attached hydrogen (secondary N) is 9. The number of carboxylic acids is 2. The molecule has 40 nitrogen and oxygen atoms in total. The van der Waals surface area contributed by atoms with Crippen molar-refractivity contribution in [2.75, 3.05) is 108 Å². The lowest BCUT2D eigenvalue weighted by Crippen LogP contribution is -2.27. The Morgan fingerprint density at radius 1 is 0.458 bits per heavy atom. The van der Waals surface area contributed by atoms with E-state index in [1.165, 1.54) is 75.0 Å². The van der Waals surface area contributed by atoms with E-state index >= 15 is 0 Å². The molecule has 10 aromatic rings. The minimum Gasteiger partial charge on any atom is -0.478 e. The molecular formula is C82H96Cl6F12N24O16S2. The summed E-state index contributed by atoms with van der Waals surface area (Å²) in [5, 5.41) is 37.2. The molecule has 5 heterocycles. The number of hydrogen-bond donors (Lipinski definition) is 14. The van der Waals surface area contributed by atoms with Gasteiger partial charge < -0.3 is 74.1 Å². The number of sulfonamides is 2. The zero-order valence-electron chi connectivity index (χ0n) is 84.6. The van der Waals surface area contributed by atoms with Crippen LogP contribution in [0.15, 0.2) is 165 Å². The van der Waals surface area contributed by atoms with Crippen molar-refractivity contribution in [1.82, 2.24) is 71.1 Å². The number of aromatic carboxylic acids is 1. The third kappa shape index (κ3) is 48.5. The molecular weight excluding hydrogens is 2080 g/mol. The quantitative estimate of drug-likeness (QED) is 0.0118. The van der Waals surface area contributed by atoms with Crippen LogP contribution in [-0.2, 0) is 65.9 Å². The van der Waals surface area contributed by atoms with Gasteiger partial charge in [-0.15, -0.1) is 35.6 Å². The molecule has 6 amide bonds. The topological polar surface area (TPSA) is 585 Å². The van der Waals surface area contributed by atoms with Gasteiger partial charge in [0.25, 0.3) is 23.6 Å². The lowest BCUT2D eigenvalue weighted by Gasteiger charge is -2.19. The number of amides is 6. The van der Waals surface area contributed by atoms with Crippen molar-refractivity contribution in [3.8, 4) is 0 Å². The van der Waals surface area contributed by atoms with Gasteiger partial charge in [-0.2, -0.15) is 57.7 Å². The molecule has 5 aromatic carbocycles. The predicted octanol–water partition coefficient (Wildman–Crippen LogP) is 15.6. The van der Waals surface area contributed by atoms with Crippen LogP contribution in [0.2, 0.25) is 15.6 Å². The number of alkyl halides is 14. The van der Waals surface area contributed by atoms with Crippen LogP contribution in [0.5, 0.6) is 0 Å². The Balaban J connectivity index is 0.00000175. The van der Waals surface area contributed by atoms with Crippen molar-refractivity contribution in [2.45, 2.75) is 90.5 Å². The highest BCUT2D eigenvalue weighted by molar-refractivity contribution is 7.92. The van der Waals surface area contributed by atoms with E-state index in [2.05, 4.69) is 103 Å². The minimum atomic E-state index is -5.08. The number of benzene rings is 5. The van der Waals surface area contributed by atoms with Gasteiger partial charge in [0.05, 0.1) is 35.7 Å².